The molecule has 20 heavy (non-hydrogen) atoms. The zero-order valence-electron chi connectivity index (χ0n) is 11.0. The summed E-state index contributed by atoms with van der Waals surface area (Å²) >= 11 is 0. The average Bonchev–Trinajstić information content (AvgIpc) is 2.74. The van der Waals surface area contributed by atoms with Crippen molar-refractivity contribution in [2.45, 2.75) is 6.54 Å². The molecule has 0 radical (unpaired) electrons. The normalized spacial score (nSPS) is 10.9. The summed E-state index contributed by atoms with van der Waals surface area (Å²) in [7, 11) is 1.90. The number of hydrogen-bond acceptors (Lipinski definition) is 3. The fraction of sp³-hybridized carbons (Fsp3) is 0.133. The standard InChI is InChI=1S/C15H14FN3O/c1-19-14-7-2-10(16)8-13(14)18-15(19)9-17-11-3-5-12(20)6-4-11/h2-8,17,20H,9H2,1H3. The first kappa shape index (κ1) is 12.5. The van der Waals surface area contributed by atoms with Crippen LogP contribution in [-0.2, 0) is 13.6 Å². The Morgan fingerprint density at radius 2 is 1.95 bits per heavy atom. The van der Waals surface area contributed by atoms with Crippen molar-refractivity contribution >= 4 is 16.7 Å². The number of nitrogens with one attached hydrogen (secondary N) is 1. The molecule has 0 unspecified atom stereocenters. The fourth-order valence-corrected chi connectivity index (χ4v) is 2.14. The van der Waals surface area contributed by atoms with E-state index in [2.05, 4.69) is 10.3 Å². The van der Waals surface area contributed by atoms with Crippen molar-refractivity contribution in [2.75, 3.05) is 5.32 Å². The van der Waals surface area contributed by atoms with Gasteiger partial charge in [0.25, 0.3) is 0 Å². The summed E-state index contributed by atoms with van der Waals surface area (Å²) < 4.78 is 15.1. The number of aromatic hydroxyl groups is 1. The van der Waals surface area contributed by atoms with Crippen LogP contribution in [0, 0.1) is 5.82 Å². The molecule has 0 aliphatic carbocycles. The van der Waals surface area contributed by atoms with Crippen molar-refractivity contribution in [3.63, 3.8) is 0 Å². The van der Waals surface area contributed by atoms with Gasteiger partial charge in [-0.2, -0.15) is 0 Å². The molecule has 3 aromatic rings. The van der Waals surface area contributed by atoms with Gasteiger partial charge in [-0.15, -0.1) is 0 Å². The summed E-state index contributed by atoms with van der Waals surface area (Å²) in [6.45, 7) is 0.525. The summed E-state index contributed by atoms with van der Waals surface area (Å²) in [6, 6.07) is 11.4. The summed E-state index contributed by atoms with van der Waals surface area (Å²) in [5.74, 6) is 0.765. The van der Waals surface area contributed by atoms with Gasteiger partial charge in [-0.25, -0.2) is 9.37 Å². The molecular weight excluding hydrogens is 257 g/mol. The third-order valence-corrected chi connectivity index (χ3v) is 3.25. The van der Waals surface area contributed by atoms with Gasteiger partial charge < -0.3 is 15.0 Å². The van der Waals surface area contributed by atoms with Crippen LogP contribution in [0.15, 0.2) is 42.5 Å². The molecule has 3 rings (SSSR count). The molecule has 0 aliphatic heterocycles. The molecule has 102 valence electrons. The molecule has 0 saturated heterocycles. The van der Waals surface area contributed by atoms with E-state index in [1.54, 1.807) is 30.3 Å². The molecule has 5 heteroatoms. The van der Waals surface area contributed by atoms with E-state index in [0.717, 1.165) is 17.0 Å². The Balaban J connectivity index is 1.84. The van der Waals surface area contributed by atoms with E-state index in [1.807, 2.05) is 11.6 Å². The van der Waals surface area contributed by atoms with Crippen LogP contribution in [0.1, 0.15) is 5.82 Å². The minimum atomic E-state index is -0.284. The molecule has 0 saturated carbocycles. The molecule has 0 spiro atoms. The highest BCUT2D eigenvalue weighted by Crippen LogP contribution is 2.18. The molecule has 2 aromatic carbocycles. The van der Waals surface area contributed by atoms with Crippen LogP contribution >= 0.6 is 0 Å². The van der Waals surface area contributed by atoms with Crippen LogP contribution in [0.5, 0.6) is 5.75 Å². The third-order valence-electron chi connectivity index (χ3n) is 3.25. The molecule has 2 N–H and O–H groups in total. The first-order chi connectivity index (χ1) is 9.63. The van der Waals surface area contributed by atoms with Gasteiger partial charge in [-0.1, -0.05) is 0 Å². The summed E-state index contributed by atoms with van der Waals surface area (Å²) in [5.41, 5.74) is 2.44. The fourth-order valence-electron chi connectivity index (χ4n) is 2.14. The number of aryl methyl sites for hydroxylation is 1. The monoisotopic (exact) mass is 271 g/mol. The molecular formula is C15H14FN3O. The summed E-state index contributed by atoms with van der Waals surface area (Å²) in [4.78, 5) is 4.42. The number of benzene rings is 2. The lowest BCUT2D eigenvalue weighted by Crippen LogP contribution is -2.05. The molecule has 0 fully saturated rings. The van der Waals surface area contributed by atoms with E-state index in [0.29, 0.717) is 12.1 Å². The lowest BCUT2D eigenvalue weighted by atomic mass is 10.3. The highest BCUT2D eigenvalue weighted by atomic mass is 19.1. The molecule has 1 heterocycles. The Bertz CT molecular complexity index is 750. The number of halogens is 1. The highest BCUT2D eigenvalue weighted by Gasteiger charge is 2.08. The number of phenolic OH excluding ortho intramolecular Hbond substituents is 1. The van der Waals surface area contributed by atoms with Crippen LogP contribution in [0.4, 0.5) is 10.1 Å². The summed E-state index contributed by atoms with van der Waals surface area (Å²) in [5, 5.41) is 12.4. The predicted molar refractivity (Wildman–Crippen MR) is 76.1 cm³/mol. The Labute approximate surface area is 115 Å². The second-order valence-corrected chi connectivity index (χ2v) is 4.62. The van der Waals surface area contributed by atoms with Gasteiger partial charge in [0, 0.05) is 18.8 Å². The molecule has 4 nitrogen and oxygen atoms in total. The number of imidazole rings is 1. The minimum absolute atomic E-state index is 0.230. The Hall–Kier alpha value is -2.56. The van der Waals surface area contributed by atoms with Crippen molar-refractivity contribution in [2.24, 2.45) is 7.05 Å². The first-order valence-electron chi connectivity index (χ1n) is 6.27. The van der Waals surface area contributed by atoms with Crippen molar-refractivity contribution in [1.82, 2.24) is 9.55 Å². The van der Waals surface area contributed by atoms with E-state index < -0.39 is 0 Å². The zero-order chi connectivity index (χ0) is 14.1. The van der Waals surface area contributed by atoms with E-state index in [4.69, 9.17) is 0 Å². The largest absolute Gasteiger partial charge is 0.508 e. The Kier molecular flexibility index (Phi) is 3.02. The van der Waals surface area contributed by atoms with Gasteiger partial charge >= 0.3 is 0 Å². The van der Waals surface area contributed by atoms with E-state index in [9.17, 15) is 9.50 Å². The number of nitrogens with zero attached hydrogens (tertiary/aromatic N) is 2. The topological polar surface area (TPSA) is 50.1 Å². The van der Waals surface area contributed by atoms with Gasteiger partial charge in [0.15, 0.2) is 0 Å². The van der Waals surface area contributed by atoms with Crippen molar-refractivity contribution in [1.29, 1.82) is 0 Å². The first-order valence-corrected chi connectivity index (χ1v) is 6.27. The second kappa shape index (κ2) is 4.85. The number of hydrogen-bond donors (Lipinski definition) is 2. The van der Waals surface area contributed by atoms with Crippen molar-refractivity contribution in [3.05, 3.63) is 54.1 Å². The SMILES string of the molecule is Cn1c(CNc2ccc(O)cc2)nc2cc(F)ccc21. The Morgan fingerprint density at radius 1 is 1.20 bits per heavy atom. The van der Waals surface area contributed by atoms with E-state index >= 15 is 0 Å². The highest BCUT2D eigenvalue weighted by molar-refractivity contribution is 5.76. The molecule has 0 aliphatic rings. The smallest absolute Gasteiger partial charge is 0.128 e. The van der Waals surface area contributed by atoms with E-state index in [1.165, 1.54) is 12.1 Å². The molecule has 0 amide bonds. The molecule has 0 bridgehead atoms. The number of fused-ring (bicyclic) bond motifs is 1. The van der Waals surface area contributed by atoms with Crippen LogP contribution in [0.25, 0.3) is 11.0 Å². The van der Waals surface area contributed by atoms with Crippen LogP contribution in [-0.4, -0.2) is 14.7 Å². The number of phenols is 1. The molecule has 0 atom stereocenters. The number of rotatable bonds is 3. The quantitative estimate of drug-likeness (QED) is 0.720. The van der Waals surface area contributed by atoms with Crippen LogP contribution in [0.2, 0.25) is 0 Å². The van der Waals surface area contributed by atoms with Crippen LogP contribution in [0.3, 0.4) is 0 Å². The second-order valence-electron chi connectivity index (χ2n) is 4.62. The minimum Gasteiger partial charge on any atom is -0.508 e. The lowest BCUT2D eigenvalue weighted by Gasteiger charge is -2.06. The maximum absolute atomic E-state index is 13.2. The van der Waals surface area contributed by atoms with E-state index in [-0.39, 0.29) is 11.6 Å². The predicted octanol–water partition coefficient (Wildman–Crippen LogP) is 3.03. The molecule has 1 aromatic heterocycles. The Morgan fingerprint density at radius 3 is 2.70 bits per heavy atom. The average molecular weight is 271 g/mol. The zero-order valence-corrected chi connectivity index (χ0v) is 11.0. The summed E-state index contributed by atoms with van der Waals surface area (Å²) in [6.07, 6.45) is 0. The number of anilines is 1. The van der Waals surface area contributed by atoms with Crippen molar-refractivity contribution in [3.8, 4) is 5.75 Å². The van der Waals surface area contributed by atoms with Crippen LogP contribution < -0.4 is 5.32 Å². The van der Waals surface area contributed by atoms with Gasteiger partial charge in [-0.3, -0.25) is 0 Å². The third kappa shape index (κ3) is 2.30. The lowest BCUT2D eigenvalue weighted by molar-refractivity contribution is 0.475. The van der Waals surface area contributed by atoms with Crippen molar-refractivity contribution < 1.29 is 9.50 Å². The number of aromatic nitrogens is 2. The maximum atomic E-state index is 13.2. The van der Waals surface area contributed by atoms with Gasteiger partial charge in [-0.05, 0) is 36.4 Å². The van der Waals surface area contributed by atoms with Gasteiger partial charge in [0.05, 0.1) is 17.6 Å². The maximum Gasteiger partial charge on any atom is 0.128 e. The van der Waals surface area contributed by atoms with Gasteiger partial charge in [0.2, 0.25) is 0 Å². The van der Waals surface area contributed by atoms with Gasteiger partial charge in [0.1, 0.15) is 17.4 Å².